The number of nitrogens with two attached hydrogens (primary N) is 2. The van der Waals surface area contributed by atoms with Crippen molar-refractivity contribution in [3.8, 4) is 0 Å². The molecule has 1 aromatic carbocycles. The van der Waals surface area contributed by atoms with Gasteiger partial charge in [-0.25, -0.2) is 0 Å². The fraction of sp³-hybridized carbons (Fsp3) is 0.231. The standard InChI is InChI=1S/C13H15N5.2ClH/c14-11-8-12(17-13(15)16-11)18-7-3-5-9-4-1-2-6-10(9)18;;/h1-2,4,6,8H,3,5,7H2,(H4,14,15,16,17);2*1H. The minimum Gasteiger partial charge on any atom is -0.383 e. The molecule has 1 aliphatic heterocycles. The molecule has 108 valence electrons. The lowest BCUT2D eigenvalue weighted by Crippen LogP contribution is -2.25. The van der Waals surface area contributed by atoms with E-state index in [0.29, 0.717) is 5.82 Å². The second-order valence-corrected chi connectivity index (χ2v) is 4.39. The number of fused-ring (bicyclic) bond motifs is 1. The summed E-state index contributed by atoms with van der Waals surface area (Å²) in [5.41, 5.74) is 13.9. The van der Waals surface area contributed by atoms with Gasteiger partial charge in [0.1, 0.15) is 11.6 Å². The number of benzene rings is 1. The summed E-state index contributed by atoms with van der Waals surface area (Å²) in [7, 11) is 0. The highest BCUT2D eigenvalue weighted by atomic mass is 35.5. The minimum atomic E-state index is 0. The van der Waals surface area contributed by atoms with Gasteiger partial charge in [-0.2, -0.15) is 9.97 Å². The van der Waals surface area contributed by atoms with Crippen molar-refractivity contribution in [1.82, 2.24) is 9.97 Å². The average molecular weight is 314 g/mol. The van der Waals surface area contributed by atoms with E-state index in [9.17, 15) is 0 Å². The molecule has 4 N–H and O–H groups in total. The van der Waals surface area contributed by atoms with Gasteiger partial charge in [-0.05, 0) is 24.5 Å². The van der Waals surface area contributed by atoms with Gasteiger partial charge in [0.15, 0.2) is 0 Å². The molecule has 0 amide bonds. The zero-order valence-corrected chi connectivity index (χ0v) is 12.5. The summed E-state index contributed by atoms with van der Waals surface area (Å²) in [5.74, 6) is 1.39. The van der Waals surface area contributed by atoms with Gasteiger partial charge in [0.2, 0.25) is 5.95 Å². The molecule has 0 bridgehead atoms. The Morgan fingerprint density at radius 3 is 2.55 bits per heavy atom. The van der Waals surface area contributed by atoms with Crippen LogP contribution in [-0.4, -0.2) is 16.5 Å². The van der Waals surface area contributed by atoms with Gasteiger partial charge in [0, 0.05) is 18.3 Å². The van der Waals surface area contributed by atoms with Crippen molar-refractivity contribution in [1.29, 1.82) is 0 Å². The third-order valence-electron chi connectivity index (χ3n) is 3.14. The molecule has 0 fully saturated rings. The maximum Gasteiger partial charge on any atom is 0.223 e. The largest absolute Gasteiger partial charge is 0.383 e. The van der Waals surface area contributed by atoms with Crippen molar-refractivity contribution in [3.63, 3.8) is 0 Å². The fourth-order valence-electron chi connectivity index (χ4n) is 2.38. The van der Waals surface area contributed by atoms with E-state index in [1.165, 1.54) is 11.3 Å². The second kappa shape index (κ2) is 6.63. The first-order chi connectivity index (χ1) is 8.74. The van der Waals surface area contributed by atoms with E-state index in [2.05, 4.69) is 33.1 Å². The molecule has 0 radical (unpaired) electrons. The van der Waals surface area contributed by atoms with Crippen molar-refractivity contribution in [2.24, 2.45) is 0 Å². The van der Waals surface area contributed by atoms with E-state index in [1.54, 1.807) is 6.07 Å². The third kappa shape index (κ3) is 3.05. The lowest BCUT2D eigenvalue weighted by molar-refractivity contribution is 0.759. The molecule has 3 rings (SSSR count). The predicted molar refractivity (Wildman–Crippen MR) is 87.1 cm³/mol. The molecule has 0 unspecified atom stereocenters. The van der Waals surface area contributed by atoms with Gasteiger partial charge in [-0.1, -0.05) is 18.2 Å². The van der Waals surface area contributed by atoms with Crippen LogP contribution in [0.2, 0.25) is 0 Å². The number of aromatic nitrogens is 2. The Kier molecular flexibility index (Phi) is 5.42. The van der Waals surface area contributed by atoms with Crippen LogP contribution in [0, 0.1) is 0 Å². The predicted octanol–water partition coefficient (Wildman–Crippen LogP) is 2.57. The van der Waals surface area contributed by atoms with Crippen LogP contribution < -0.4 is 16.4 Å². The van der Waals surface area contributed by atoms with Gasteiger partial charge in [0.25, 0.3) is 0 Å². The Morgan fingerprint density at radius 1 is 1.05 bits per heavy atom. The highest BCUT2D eigenvalue weighted by Gasteiger charge is 2.19. The van der Waals surface area contributed by atoms with Crippen LogP contribution in [0.1, 0.15) is 12.0 Å². The smallest absolute Gasteiger partial charge is 0.223 e. The Morgan fingerprint density at radius 2 is 1.80 bits per heavy atom. The fourth-order valence-corrected chi connectivity index (χ4v) is 2.38. The van der Waals surface area contributed by atoms with Gasteiger partial charge < -0.3 is 16.4 Å². The topological polar surface area (TPSA) is 81.1 Å². The number of rotatable bonds is 1. The van der Waals surface area contributed by atoms with E-state index in [1.807, 2.05) is 6.07 Å². The number of anilines is 4. The molecule has 5 nitrogen and oxygen atoms in total. The first kappa shape index (κ1) is 16.3. The van der Waals surface area contributed by atoms with E-state index >= 15 is 0 Å². The highest BCUT2D eigenvalue weighted by molar-refractivity contribution is 5.85. The van der Waals surface area contributed by atoms with Crippen LogP contribution in [0.25, 0.3) is 0 Å². The quantitative estimate of drug-likeness (QED) is 0.845. The zero-order chi connectivity index (χ0) is 12.5. The molecule has 20 heavy (non-hydrogen) atoms. The lowest BCUT2D eigenvalue weighted by atomic mass is 10.0. The number of hydrogen-bond acceptors (Lipinski definition) is 5. The molecule has 2 aromatic rings. The second-order valence-electron chi connectivity index (χ2n) is 4.39. The highest BCUT2D eigenvalue weighted by Crippen LogP contribution is 2.32. The van der Waals surface area contributed by atoms with Crippen molar-refractivity contribution >= 4 is 48.1 Å². The number of para-hydroxylation sites is 1. The number of nitrogen functional groups attached to an aromatic ring is 2. The van der Waals surface area contributed by atoms with E-state index in [-0.39, 0.29) is 30.8 Å². The van der Waals surface area contributed by atoms with E-state index in [0.717, 1.165) is 25.2 Å². The van der Waals surface area contributed by atoms with Crippen LogP contribution in [0.15, 0.2) is 30.3 Å². The van der Waals surface area contributed by atoms with Gasteiger partial charge >= 0.3 is 0 Å². The normalized spacial score (nSPS) is 12.9. The van der Waals surface area contributed by atoms with E-state index < -0.39 is 0 Å². The van der Waals surface area contributed by atoms with Crippen molar-refractivity contribution in [2.45, 2.75) is 12.8 Å². The van der Waals surface area contributed by atoms with Crippen LogP contribution in [-0.2, 0) is 6.42 Å². The first-order valence-corrected chi connectivity index (χ1v) is 5.99. The Labute approximate surface area is 130 Å². The summed E-state index contributed by atoms with van der Waals surface area (Å²) in [6.45, 7) is 0.924. The Balaban J connectivity index is 0.000001000. The van der Waals surface area contributed by atoms with Crippen LogP contribution in [0.3, 0.4) is 0 Å². The zero-order valence-electron chi connectivity index (χ0n) is 10.8. The average Bonchev–Trinajstić information content (AvgIpc) is 2.37. The number of hydrogen-bond donors (Lipinski definition) is 2. The van der Waals surface area contributed by atoms with Crippen molar-refractivity contribution in [2.75, 3.05) is 22.9 Å². The van der Waals surface area contributed by atoms with Gasteiger partial charge in [-0.15, -0.1) is 24.8 Å². The van der Waals surface area contributed by atoms with Crippen LogP contribution in [0.4, 0.5) is 23.3 Å². The molecule has 0 saturated heterocycles. The summed E-state index contributed by atoms with van der Waals surface area (Å²) in [4.78, 5) is 10.3. The molecule has 0 atom stereocenters. The monoisotopic (exact) mass is 313 g/mol. The molecule has 0 saturated carbocycles. The van der Waals surface area contributed by atoms with E-state index in [4.69, 9.17) is 11.5 Å². The number of halogens is 2. The minimum absolute atomic E-state index is 0. The van der Waals surface area contributed by atoms with Crippen molar-refractivity contribution in [3.05, 3.63) is 35.9 Å². The van der Waals surface area contributed by atoms with Crippen molar-refractivity contribution < 1.29 is 0 Å². The Hall–Kier alpha value is -1.72. The molecule has 1 aromatic heterocycles. The molecule has 2 heterocycles. The number of nitrogens with zero attached hydrogens (tertiary/aromatic N) is 3. The summed E-state index contributed by atoms with van der Waals surface area (Å²) < 4.78 is 0. The third-order valence-corrected chi connectivity index (χ3v) is 3.14. The molecule has 7 heteroatoms. The Bertz CT molecular complexity index is 570. The summed E-state index contributed by atoms with van der Waals surface area (Å²) in [5, 5.41) is 0. The SMILES string of the molecule is Cl.Cl.Nc1cc(N2CCCc3ccccc32)nc(N)n1. The van der Waals surface area contributed by atoms with Gasteiger partial charge in [0.05, 0.1) is 0 Å². The molecule has 1 aliphatic rings. The summed E-state index contributed by atoms with van der Waals surface area (Å²) in [6, 6.07) is 10.1. The molecule has 0 spiro atoms. The number of aryl methyl sites for hydroxylation is 1. The van der Waals surface area contributed by atoms with Crippen LogP contribution in [0.5, 0.6) is 0 Å². The molecular weight excluding hydrogens is 297 g/mol. The summed E-state index contributed by atoms with van der Waals surface area (Å²) >= 11 is 0. The maximum absolute atomic E-state index is 5.73. The first-order valence-electron chi connectivity index (χ1n) is 5.99. The van der Waals surface area contributed by atoms with Gasteiger partial charge in [-0.3, -0.25) is 0 Å². The van der Waals surface area contributed by atoms with Crippen LogP contribution >= 0.6 is 24.8 Å². The molecular formula is C13H17Cl2N5. The maximum atomic E-state index is 5.73. The lowest BCUT2D eigenvalue weighted by Gasteiger charge is -2.30. The summed E-state index contributed by atoms with van der Waals surface area (Å²) in [6.07, 6.45) is 2.20. The molecule has 0 aliphatic carbocycles.